The molecule has 1 aliphatic rings. The Bertz CT molecular complexity index is 321. The third kappa shape index (κ3) is 2.33. The van der Waals surface area contributed by atoms with E-state index < -0.39 is 0 Å². The Balaban J connectivity index is 2.06. The van der Waals surface area contributed by atoms with Gasteiger partial charge in [0.25, 0.3) is 0 Å². The Morgan fingerprint density at radius 1 is 1.53 bits per heavy atom. The van der Waals surface area contributed by atoms with Gasteiger partial charge in [-0.2, -0.15) is 5.10 Å². The van der Waals surface area contributed by atoms with Gasteiger partial charge in [-0.05, 0) is 32.6 Å². The molecule has 0 saturated heterocycles. The average Bonchev–Trinajstić information content (AvgIpc) is 2.77. The van der Waals surface area contributed by atoms with Gasteiger partial charge in [0.1, 0.15) is 12.2 Å². The summed E-state index contributed by atoms with van der Waals surface area (Å²) in [4.78, 5) is 4.33. The lowest BCUT2D eigenvalue weighted by atomic mass is 10.0. The highest BCUT2D eigenvalue weighted by molar-refractivity contribution is 6.20. The molecule has 2 atom stereocenters. The van der Waals surface area contributed by atoms with Crippen LogP contribution in [0.2, 0.25) is 0 Å². The summed E-state index contributed by atoms with van der Waals surface area (Å²) in [6.45, 7) is 4.26. The molecule has 2 unspecified atom stereocenters. The summed E-state index contributed by atoms with van der Waals surface area (Å²) in [7, 11) is 0. The molecule has 0 radical (unpaired) electrons. The predicted molar refractivity (Wildman–Crippen MR) is 61.1 cm³/mol. The zero-order chi connectivity index (χ0) is 10.8. The summed E-state index contributed by atoms with van der Waals surface area (Å²) in [6, 6.07) is 0.387. The van der Waals surface area contributed by atoms with Crippen LogP contribution in [0, 0.1) is 5.92 Å². The molecule has 1 aromatic rings. The molecule has 4 heteroatoms. The molecule has 0 bridgehead atoms. The maximum atomic E-state index is 6.27. The van der Waals surface area contributed by atoms with Crippen molar-refractivity contribution in [3.05, 3.63) is 12.2 Å². The Hall–Kier alpha value is -0.570. The molecule has 0 amide bonds. The zero-order valence-electron chi connectivity index (χ0n) is 9.36. The summed E-state index contributed by atoms with van der Waals surface area (Å²) < 4.78 is 2.00. The van der Waals surface area contributed by atoms with Gasteiger partial charge >= 0.3 is 0 Å². The highest BCUT2D eigenvalue weighted by atomic mass is 35.5. The normalized spacial score (nSPS) is 26.4. The van der Waals surface area contributed by atoms with Crippen molar-refractivity contribution in [2.75, 3.05) is 0 Å². The van der Waals surface area contributed by atoms with Crippen molar-refractivity contribution in [2.24, 2.45) is 5.92 Å². The van der Waals surface area contributed by atoms with Crippen molar-refractivity contribution < 1.29 is 0 Å². The fraction of sp³-hybridized carbons (Fsp3) is 0.818. The van der Waals surface area contributed by atoms with Crippen LogP contribution in [0.25, 0.3) is 0 Å². The molecular weight excluding hydrogens is 210 g/mol. The minimum absolute atomic E-state index is 0.335. The third-order valence-corrected chi connectivity index (χ3v) is 3.72. The van der Waals surface area contributed by atoms with Crippen LogP contribution in [0.1, 0.15) is 45.0 Å². The fourth-order valence-corrected chi connectivity index (χ4v) is 2.68. The maximum absolute atomic E-state index is 6.27. The lowest BCUT2D eigenvalue weighted by molar-refractivity contribution is 0.462. The monoisotopic (exact) mass is 227 g/mol. The molecule has 0 aliphatic heterocycles. The van der Waals surface area contributed by atoms with Gasteiger partial charge < -0.3 is 0 Å². The van der Waals surface area contributed by atoms with E-state index in [0.29, 0.717) is 17.3 Å². The van der Waals surface area contributed by atoms with Gasteiger partial charge in [-0.15, -0.1) is 11.6 Å². The summed E-state index contributed by atoms with van der Waals surface area (Å²) in [5, 5.41) is 4.58. The van der Waals surface area contributed by atoms with E-state index in [4.69, 9.17) is 11.6 Å². The second-order valence-electron chi connectivity index (χ2n) is 4.63. The molecule has 1 saturated carbocycles. The summed E-state index contributed by atoms with van der Waals surface area (Å²) in [5.74, 6) is 1.68. The standard InChI is InChI=1S/C11H18ClN3/c1-8(2)15-11(13-7-14-15)6-9-4-3-5-10(9)12/h7-10H,3-6H2,1-2H3. The first kappa shape index (κ1) is 10.9. The lowest BCUT2D eigenvalue weighted by Crippen LogP contribution is -2.16. The van der Waals surface area contributed by atoms with Gasteiger partial charge in [0.05, 0.1) is 0 Å². The van der Waals surface area contributed by atoms with E-state index in [-0.39, 0.29) is 0 Å². The van der Waals surface area contributed by atoms with Crippen molar-refractivity contribution in [3.8, 4) is 0 Å². The minimum atomic E-state index is 0.335. The van der Waals surface area contributed by atoms with Crippen LogP contribution in [-0.2, 0) is 6.42 Å². The molecule has 15 heavy (non-hydrogen) atoms. The van der Waals surface area contributed by atoms with Crippen LogP contribution in [0.15, 0.2) is 6.33 Å². The molecule has 0 spiro atoms. The van der Waals surface area contributed by atoms with E-state index in [0.717, 1.165) is 18.7 Å². The topological polar surface area (TPSA) is 30.7 Å². The Morgan fingerprint density at radius 2 is 2.33 bits per heavy atom. The van der Waals surface area contributed by atoms with Crippen LogP contribution in [0.3, 0.4) is 0 Å². The molecule has 3 nitrogen and oxygen atoms in total. The van der Waals surface area contributed by atoms with Gasteiger partial charge in [0, 0.05) is 17.8 Å². The number of hydrogen-bond donors (Lipinski definition) is 0. The van der Waals surface area contributed by atoms with Crippen molar-refractivity contribution in [1.29, 1.82) is 0 Å². The van der Waals surface area contributed by atoms with Gasteiger partial charge in [-0.25, -0.2) is 9.67 Å². The van der Waals surface area contributed by atoms with Crippen LogP contribution in [0.5, 0.6) is 0 Å². The molecular formula is C11H18ClN3. The number of nitrogens with zero attached hydrogens (tertiary/aromatic N) is 3. The van der Waals surface area contributed by atoms with Gasteiger partial charge in [-0.1, -0.05) is 6.42 Å². The van der Waals surface area contributed by atoms with Crippen LogP contribution < -0.4 is 0 Å². The van der Waals surface area contributed by atoms with E-state index >= 15 is 0 Å². The van der Waals surface area contributed by atoms with Crippen molar-refractivity contribution in [1.82, 2.24) is 14.8 Å². The highest BCUT2D eigenvalue weighted by Gasteiger charge is 2.27. The third-order valence-electron chi connectivity index (χ3n) is 3.15. The quantitative estimate of drug-likeness (QED) is 0.744. The molecule has 1 heterocycles. The number of hydrogen-bond acceptors (Lipinski definition) is 2. The Kier molecular flexibility index (Phi) is 3.29. The largest absolute Gasteiger partial charge is 0.248 e. The highest BCUT2D eigenvalue weighted by Crippen LogP contribution is 2.32. The van der Waals surface area contributed by atoms with E-state index in [9.17, 15) is 0 Å². The molecule has 2 rings (SSSR count). The molecule has 0 N–H and O–H groups in total. The first-order valence-electron chi connectivity index (χ1n) is 5.71. The van der Waals surface area contributed by atoms with Crippen LogP contribution in [0.4, 0.5) is 0 Å². The number of aromatic nitrogens is 3. The number of alkyl halides is 1. The van der Waals surface area contributed by atoms with Crippen molar-refractivity contribution in [2.45, 2.75) is 50.9 Å². The number of halogens is 1. The average molecular weight is 228 g/mol. The minimum Gasteiger partial charge on any atom is -0.248 e. The first-order valence-corrected chi connectivity index (χ1v) is 6.14. The second-order valence-corrected chi connectivity index (χ2v) is 5.19. The van der Waals surface area contributed by atoms with Gasteiger partial charge in [0.2, 0.25) is 0 Å². The Labute approximate surface area is 95.8 Å². The van der Waals surface area contributed by atoms with Crippen molar-refractivity contribution >= 4 is 11.6 Å². The molecule has 1 fully saturated rings. The maximum Gasteiger partial charge on any atom is 0.138 e. The molecule has 1 aromatic heterocycles. The first-order chi connectivity index (χ1) is 7.18. The molecule has 1 aliphatic carbocycles. The second kappa shape index (κ2) is 4.52. The molecule has 0 aromatic carbocycles. The summed E-state index contributed by atoms with van der Waals surface area (Å²) in [5.41, 5.74) is 0. The smallest absolute Gasteiger partial charge is 0.138 e. The Morgan fingerprint density at radius 3 is 2.93 bits per heavy atom. The van der Waals surface area contributed by atoms with Crippen LogP contribution in [-0.4, -0.2) is 20.1 Å². The number of rotatable bonds is 3. The summed E-state index contributed by atoms with van der Waals surface area (Å²) >= 11 is 6.27. The van der Waals surface area contributed by atoms with Crippen LogP contribution >= 0.6 is 11.6 Å². The summed E-state index contributed by atoms with van der Waals surface area (Å²) in [6.07, 6.45) is 6.27. The predicted octanol–water partition coefficient (Wildman–Crippen LogP) is 2.81. The van der Waals surface area contributed by atoms with E-state index in [1.165, 1.54) is 12.8 Å². The lowest BCUT2D eigenvalue weighted by Gasteiger charge is -2.15. The van der Waals surface area contributed by atoms with E-state index in [1.54, 1.807) is 6.33 Å². The van der Waals surface area contributed by atoms with Gasteiger partial charge in [0.15, 0.2) is 0 Å². The zero-order valence-corrected chi connectivity index (χ0v) is 10.1. The van der Waals surface area contributed by atoms with Crippen molar-refractivity contribution in [3.63, 3.8) is 0 Å². The van der Waals surface area contributed by atoms with E-state index in [2.05, 4.69) is 23.9 Å². The van der Waals surface area contributed by atoms with E-state index in [1.807, 2.05) is 4.68 Å². The SMILES string of the molecule is CC(C)n1ncnc1CC1CCCC1Cl. The fourth-order valence-electron chi connectivity index (χ4n) is 2.31. The van der Waals surface area contributed by atoms with Gasteiger partial charge in [-0.3, -0.25) is 0 Å². The molecule has 84 valence electrons.